The summed E-state index contributed by atoms with van der Waals surface area (Å²) in [5, 5.41) is 3.10. The van der Waals surface area contributed by atoms with Crippen molar-refractivity contribution in [2.45, 2.75) is 18.6 Å². The van der Waals surface area contributed by atoms with Crippen molar-refractivity contribution in [3.05, 3.63) is 23.2 Å². The third kappa shape index (κ3) is 2.79. The average molecular weight is 285 g/mol. The zero-order valence-corrected chi connectivity index (χ0v) is 11.5. The van der Waals surface area contributed by atoms with Crippen LogP contribution in [-0.4, -0.2) is 23.6 Å². The number of halogens is 1. The molecule has 1 N–H and O–H groups in total. The fourth-order valence-corrected chi connectivity index (χ4v) is 2.44. The van der Waals surface area contributed by atoms with E-state index >= 15 is 0 Å². The van der Waals surface area contributed by atoms with Crippen molar-refractivity contribution in [2.75, 3.05) is 16.8 Å². The first-order valence-corrected chi connectivity index (χ1v) is 6.42. The number of thiol groups is 1. The summed E-state index contributed by atoms with van der Waals surface area (Å²) in [6.07, 6.45) is 0.439. The molecule has 2 rings (SSSR count). The standard InChI is InChI=1S/C12H13ClN2O2S/c1-7(16)14-11-3-2-8(4-10(11)13)15-6-9(18)5-12(15)17/h2-4,9,18H,5-6H2,1H3,(H,14,16). The van der Waals surface area contributed by atoms with Crippen molar-refractivity contribution < 1.29 is 9.59 Å². The molecular formula is C12H13ClN2O2S. The second kappa shape index (κ2) is 5.20. The van der Waals surface area contributed by atoms with E-state index in [1.54, 1.807) is 23.1 Å². The Balaban J connectivity index is 2.23. The molecule has 1 aliphatic rings. The maximum Gasteiger partial charge on any atom is 0.228 e. The monoisotopic (exact) mass is 284 g/mol. The minimum Gasteiger partial charge on any atom is -0.325 e. The third-order valence-electron chi connectivity index (χ3n) is 2.68. The first kappa shape index (κ1) is 13.2. The van der Waals surface area contributed by atoms with E-state index in [1.165, 1.54) is 6.92 Å². The number of nitrogens with zero attached hydrogens (tertiary/aromatic N) is 1. The van der Waals surface area contributed by atoms with E-state index in [4.69, 9.17) is 11.6 Å². The van der Waals surface area contributed by atoms with Crippen molar-refractivity contribution in [3.63, 3.8) is 0 Å². The van der Waals surface area contributed by atoms with Crippen LogP contribution in [-0.2, 0) is 9.59 Å². The Bertz CT molecular complexity index is 507. The summed E-state index contributed by atoms with van der Waals surface area (Å²) < 4.78 is 0. The van der Waals surface area contributed by atoms with Crippen LogP contribution in [0.15, 0.2) is 18.2 Å². The molecule has 0 saturated carbocycles. The van der Waals surface area contributed by atoms with E-state index in [1.807, 2.05) is 0 Å². The smallest absolute Gasteiger partial charge is 0.228 e. The summed E-state index contributed by atoms with van der Waals surface area (Å²) in [5.41, 5.74) is 1.28. The molecule has 0 aromatic heterocycles. The average Bonchev–Trinajstić information content (AvgIpc) is 2.60. The first-order valence-electron chi connectivity index (χ1n) is 5.53. The molecule has 96 valence electrons. The Morgan fingerprint density at radius 3 is 2.78 bits per heavy atom. The molecule has 1 aromatic carbocycles. The highest BCUT2D eigenvalue weighted by Gasteiger charge is 2.28. The molecule has 1 atom stereocenters. The SMILES string of the molecule is CC(=O)Nc1ccc(N2CC(S)CC2=O)cc1Cl. The number of amides is 2. The van der Waals surface area contributed by atoms with Crippen molar-refractivity contribution in [3.8, 4) is 0 Å². The summed E-state index contributed by atoms with van der Waals surface area (Å²) in [4.78, 5) is 24.3. The predicted octanol–water partition coefficient (Wildman–Crippen LogP) is 2.33. The number of nitrogens with one attached hydrogen (secondary N) is 1. The minimum atomic E-state index is -0.183. The second-order valence-electron chi connectivity index (χ2n) is 4.21. The summed E-state index contributed by atoms with van der Waals surface area (Å²) in [6, 6.07) is 5.13. The van der Waals surface area contributed by atoms with Gasteiger partial charge in [-0.25, -0.2) is 0 Å². The van der Waals surface area contributed by atoms with Crippen LogP contribution in [0.2, 0.25) is 5.02 Å². The molecule has 18 heavy (non-hydrogen) atoms. The zero-order chi connectivity index (χ0) is 13.3. The van der Waals surface area contributed by atoms with Gasteiger partial charge in [-0.15, -0.1) is 0 Å². The lowest BCUT2D eigenvalue weighted by atomic mass is 10.2. The van der Waals surface area contributed by atoms with Gasteiger partial charge >= 0.3 is 0 Å². The molecule has 0 aliphatic carbocycles. The Kier molecular flexibility index (Phi) is 3.82. The van der Waals surface area contributed by atoms with Crippen molar-refractivity contribution in [1.82, 2.24) is 0 Å². The van der Waals surface area contributed by atoms with Crippen LogP contribution in [0, 0.1) is 0 Å². The first-order chi connectivity index (χ1) is 8.47. The van der Waals surface area contributed by atoms with E-state index < -0.39 is 0 Å². The highest BCUT2D eigenvalue weighted by molar-refractivity contribution is 7.81. The van der Waals surface area contributed by atoms with Crippen LogP contribution < -0.4 is 10.2 Å². The number of hydrogen-bond acceptors (Lipinski definition) is 3. The van der Waals surface area contributed by atoms with Crippen molar-refractivity contribution in [2.24, 2.45) is 0 Å². The van der Waals surface area contributed by atoms with Gasteiger partial charge in [-0.1, -0.05) is 11.6 Å². The predicted molar refractivity (Wildman–Crippen MR) is 75.5 cm³/mol. The van der Waals surface area contributed by atoms with E-state index in [0.29, 0.717) is 23.7 Å². The van der Waals surface area contributed by atoms with Crippen LogP contribution >= 0.6 is 24.2 Å². The van der Waals surface area contributed by atoms with Crippen LogP contribution in [0.1, 0.15) is 13.3 Å². The van der Waals surface area contributed by atoms with Crippen molar-refractivity contribution in [1.29, 1.82) is 0 Å². The lowest BCUT2D eigenvalue weighted by Crippen LogP contribution is -2.24. The Morgan fingerprint density at radius 2 is 2.28 bits per heavy atom. The minimum absolute atomic E-state index is 0.0401. The van der Waals surface area contributed by atoms with Gasteiger partial charge in [0.25, 0.3) is 0 Å². The summed E-state index contributed by atoms with van der Waals surface area (Å²) in [5.74, 6) is -0.143. The van der Waals surface area contributed by atoms with Crippen LogP contribution in [0.25, 0.3) is 0 Å². The third-order valence-corrected chi connectivity index (χ3v) is 3.34. The highest BCUT2D eigenvalue weighted by Crippen LogP contribution is 2.30. The molecule has 0 spiro atoms. The zero-order valence-electron chi connectivity index (χ0n) is 9.81. The quantitative estimate of drug-likeness (QED) is 0.819. The molecule has 0 radical (unpaired) electrons. The molecule has 1 aliphatic heterocycles. The van der Waals surface area contributed by atoms with Gasteiger partial charge in [0.1, 0.15) is 0 Å². The van der Waals surface area contributed by atoms with Crippen LogP contribution in [0.4, 0.5) is 11.4 Å². The topological polar surface area (TPSA) is 49.4 Å². The molecule has 1 heterocycles. The van der Waals surface area contributed by atoms with Gasteiger partial charge in [-0.05, 0) is 18.2 Å². The number of anilines is 2. The molecule has 6 heteroatoms. The number of rotatable bonds is 2. The molecule has 1 unspecified atom stereocenters. The van der Waals surface area contributed by atoms with Gasteiger partial charge in [0.15, 0.2) is 0 Å². The lowest BCUT2D eigenvalue weighted by molar-refractivity contribution is -0.117. The Labute approximate surface area is 116 Å². The molecule has 1 saturated heterocycles. The second-order valence-corrected chi connectivity index (χ2v) is 5.35. The highest BCUT2D eigenvalue weighted by atomic mass is 35.5. The lowest BCUT2D eigenvalue weighted by Gasteiger charge is -2.17. The maximum absolute atomic E-state index is 11.7. The summed E-state index contributed by atoms with van der Waals surface area (Å²) >= 11 is 10.4. The Morgan fingerprint density at radius 1 is 1.56 bits per heavy atom. The fourth-order valence-electron chi connectivity index (χ4n) is 1.90. The molecule has 1 fully saturated rings. The van der Waals surface area contributed by atoms with E-state index in [0.717, 1.165) is 5.69 Å². The summed E-state index contributed by atoms with van der Waals surface area (Å²) in [7, 11) is 0. The normalized spacial score (nSPS) is 19.2. The molecule has 2 amide bonds. The van der Waals surface area contributed by atoms with Crippen LogP contribution in [0.5, 0.6) is 0 Å². The van der Waals surface area contributed by atoms with Gasteiger partial charge in [0.2, 0.25) is 11.8 Å². The molecule has 0 bridgehead atoms. The van der Waals surface area contributed by atoms with Gasteiger partial charge in [-0.2, -0.15) is 12.6 Å². The molecular weight excluding hydrogens is 272 g/mol. The van der Waals surface area contributed by atoms with E-state index in [2.05, 4.69) is 17.9 Å². The fraction of sp³-hybridized carbons (Fsp3) is 0.333. The van der Waals surface area contributed by atoms with Gasteiger partial charge in [-0.3, -0.25) is 9.59 Å². The summed E-state index contributed by atoms with van der Waals surface area (Å²) in [6.45, 7) is 2.00. The number of carbonyl (C=O) groups excluding carboxylic acids is 2. The van der Waals surface area contributed by atoms with Crippen molar-refractivity contribution >= 4 is 47.4 Å². The Hall–Kier alpha value is -1.20. The van der Waals surface area contributed by atoms with Gasteiger partial charge in [0, 0.05) is 30.8 Å². The number of hydrogen-bond donors (Lipinski definition) is 2. The number of carbonyl (C=O) groups is 2. The largest absolute Gasteiger partial charge is 0.325 e. The maximum atomic E-state index is 11.7. The molecule has 1 aromatic rings. The van der Waals surface area contributed by atoms with E-state index in [9.17, 15) is 9.59 Å². The van der Waals surface area contributed by atoms with Gasteiger partial charge in [0.05, 0.1) is 10.7 Å². The van der Waals surface area contributed by atoms with Gasteiger partial charge < -0.3 is 10.2 Å². The van der Waals surface area contributed by atoms with Crippen LogP contribution in [0.3, 0.4) is 0 Å². The molecule has 4 nitrogen and oxygen atoms in total. The number of benzene rings is 1. The van der Waals surface area contributed by atoms with E-state index in [-0.39, 0.29) is 17.1 Å².